The summed E-state index contributed by atoms with van der Waals surface area (Å²) in [4.78, 5) is 44.3. The number of benzene rings is 1. The Balaban J connectivity index is 0.000000338. The number of hydrogen-bond acceptors (Lipinski definition) is 5. The molecule has 1 saturated heterocycles. The first-order valence-corrected chi connectivity index (χ1v) is 12.1. The molecule has 1 saturated carbocycles. The largest absolute Gasteiger partial charge is 0.353 e. The molecule has 1 aliphatic carbocycles. The van der Waals surface area contributed by atoms with Gasteiger partial charge in [0.2, 0.25) is 12.0 Å². The zero-order valence-electron chi connectivity index (χ0n) is 21.0. The van der Waals surface area contributed by atoms with Crippen LogP contribution in [-0.2, 0) is 4.79 Å². The Morgan fingerprint density at radius 1 is 1.14 bits per heavy atom. The van der Waals surface area contributed by atoms with Crippen LogP contribution in [0.15, 0.2) is 63.9 Å². The van der Waals surface area contributed by atoms with Crippen molar-refractivity contribution < 1.29 is 14.0 Å². The quantitative estimate of drug-likeness (QED) is 0.357. The Hall–Kier alpha value is -3.65. The molecule has 0 spiro atoms. The van der Waals surface area contributed by atoms with Crippen molar-refractivity contribution in [3.63, 3.8) is 0 Å². The highest BCUT2D eigenvalue weighted by Crippen LogP contribution is 2.32. The maximum absolute atomic E-state index is 12.4. The number of likely N-dealkylation sites (N-methyl/N-ethyl adjacent to an activating group) is 1. The van der Waals surface area contributed by atoms with Crippen LogP contribution in [0.1, 0.15) is 42.6 Å². The number of halogens is 1. The van der Waals surface area contributed by atoms with E-state index in [1.54, 1.807) is 12.3 Å². The van der Waals surface area contributed by atoms with E-state index in [2.05, 4.69) is 45.9 Å². The third-order valence-corrected chi connectivity index (χ3v) is 6.20. The molecule has 36 heavy (non-hydrogen) atoms. The normalized spacial score (nSPS) is 19.1. The Kier molecular flexibility index (Phi) is 9.64. The number of aldehydes is 1. The second-order valence-electron chi connectivity index (χ2n) is 9.27. The van der Waals surface area contributed by atoms with E-state index in [9.17, 15) is 18.8 Å². The van der Waals surface area contributed by atoms with Gasteiger partial charge in [-0.2, -0.15) is 0 Å². The minimum Gasteiger partial charge on any atom is -0.353 e. The molecule has 2 heterocycles. The average Bonchev–Trinajstić information content (AvgIpc) is 3.68. The van der Waals surface area contributed by atoms with Crippen LogP contribution in [0.5, 0.6) is 0 Å². The van der Waals surface area contributed by atoms with Crippen molar-refractivity contribution in [2.45, 2.75) is 32.7 Å². The predicted octanol–water partition coefficient (Wildman–Crippen LogP) is 4.12. The van der Waals surface area contributed by atoms with E-state index in [0.717, 1.165) is 42.2 Å². The number of carbonyl (C=O) groups excluding carboxylic acids is 2. The number of hydrogen-bond donors (Lipinski definition) is 1. The lowest BCUT2D eigenvalue weighted by Gasteiger charge is -2.39. The zero-order valence-corrected chi connectivity index (χ0v) is 21.0. The molecule has 1 amide bonds. The second kappa shape index (κ2) is 12.9. The van der Waals surface area contributed by atoms with E-state index in [0.29, 0.717) is 30.2 Å². The van der Waals surface area contributed by atoms with Gasteiger partial charge in [-0.05, 0) is 86.7 Å². The monoisotopic (exact) mass is 492 g/mol. The maximum atomic E-state index is 12.4. The topological polar surface area (TPSA) is 85.8 Å². The summed E-state index contributed by atoms with van der Waals surface area (Å²) in [5, 5.41) is 0. The van der Waals surface area contributed by atoms with Gasteiger partial charge in [-0.25, -0.2) is 9.38 Å². The molecule has 1 aliphatic heterocycles. The molecule has 4 rings (SSSR count). The molecule has 2 aromatic rings. The van der Waals surface area contributed by atoms with Crippen molar-refractivity contribution in [3.8, 4) is 0 Å². The molecule has 2 aliphatic rings. The first-order chi connectivity index (χ1) is 17.3. The van der Waals surface area contributed by atoms with Gasteiger partial charge in [-0.15, -0.1) is 0 Å². The number of pyridine rings is 1. The molecule has 8 heteroatoms. The average molecular weight is 493 g/mol. The lowest BCUT2D eigenvalue weighted by Crippen LogP contribution is -2.51. The Morgan fingerprint density at radius 3 is 2.47 bits per heavy atom. The van der Waals surface area contributed by atoms with Gasteiger partial charge in [0.15, 0.2) is 0 Å². The second-order valence-corrected chi connectivity index (χ2v) is 9.27. The number of nitrogens with zero attached hydrogens (tertiary/aromatic N) is 3. The van der Waals surface area contributed by atoms with Crippen LogP contribution in [-0.4, -0.2) is 61.5 Å². The van der Waals surface area contributed by atoms with Crippen molar-refractivity contribution >= 4 is 30.3 Å². The number of aromatic nitrogens is 1. The third-order valence-electron chi connectivity index (χ3n) is 6.20. The summed E-state index contributed by atoms with van der Waals surface area (Å²) in [6.45, 7) is 6.89. The lowest BCUT2D eigenvalue weighted by atomic mass is 10.0. The highest BCUT2D eigenvalue weighted by atomic mass is 19.1. The fraction of sp³-hybridized carbons (Fsp3) is 0.357. The van der Waals surface area contributed by atoms with Crippen molar-refractivity contribution in [3.05, 3.63) is 81.4 Å². The highest BCUT2D eigenvalue weighted by molar-refractivity contribution is 5.96. The first kappa shape index (κ1) is 26.9. The summed E-state index contributed by atoms with van der Waals surface area (Å²) in [6, 6.07) is 9.35. The molecule has 0 radical (unpaired) electrons. The summed E-state index contributed by atoms with van der Waals surface area (Å²) in [7, 11) is 2.12. The van der Waals surface area contributed by atoms with Gasteiger partial charge in [0.05, 0.1) is 0 Å². The summed E-state index contributed by atoms with van der Waals surface area (Å²) >= 11 is 0. The van der Waals surface area contributed by atoms with Crippen LogP contribution in [0.3, 0.4) is 0 Å². The van der Waals surface area contributed by atoms with Gasteiger partial charge in [-0.3, -0.25) is 14.4 Å². The van der Waals surface area contributed by atoms with Gasteiger partial charge in [0.25, 0.3) is 0 Å². The van der Waals surface area contributed by atoms with Crippen molar-refractivity contribution in [1.82, 2.24) is 9.88 Å². The fourth-order valence-electron chi connectivity index (χ4n) is 4.07. The molecule has 2 fully saturated rings. The number of anilines is 1. The number of amides is 1. The Bertz CT molecular complexity index is 1200. The number of aliphatic imine (C=N–C) groups is 1. The van der Waals surface area contributed by atoms with Crippen LogP contribution in [0, 0.1) is 11.7 Å². The van der Waals surface area contributed by atoms with Crippen LogP contribution in [0.25, 0.3) is 5.57 Å². The summed E-state index contributed by atoms with van der Waals surface area (Å²) in [6.07, 6.45) is 9.44. The number of piperazine rings is 1. The third kappa shape index (κ3) is 7.95. The van der Waals surface area contributed by atoms with E-state index in [1.807, 2.05) is 13.0 Å². The van der Waals surface area contributed by atoms with Crippen molar-refractivity contribution in [1.29, 1.82) is 0 Å². The zero-order chi connectivity index (χ0) is 26.1. The number of aromatic amines is 1. The van der Waals surface area contributed by atoms with E-state index >= 15 is 0 Å². The summed E-state index contributed by atoms with van der Waals surface area (Å²) in [5.74, 6) is 1.14. The van der Waals surface area contributed by atoms with Crippen molar-refractivity contribution in [2.24, 2.45) is 10.9 Å². The van der Waals surface area contributed by atoms with Crippen LogP contribution >= 0.6 is 0 Å². The molecule has 1 N–H and O–H groups in total. The standard InChI is InChI=1S/C21H28N4O2.C7H5FO/c1-15(12-22-14-26)19(7-6-17-4-5-17)18-10-20(23-21(27)11-18)25-9-8-24(3)13-16(25)2;8-7-3-1-6(5-9)2-4-7/h6-7,10-12,14,16-17H,4-5,8-9,13H2,1-3H3,(H,23,27);1-5H/b7-6+,19-15+,22-12?;. The van der Waals surface area contributed by atoms with E-state index < -0.39 is 0 Å². The molecular weight excluding hydrogens is 459 g/mol. The van der Waals surface area contributed by atoms with Crippen LogP contribution in [0.2, 0.25) is 0 Å². The Labute approximate surface area is 211 Å². The van der Waals surface area contributed by atoms with Gasteiger partial charge in [0, 0.05) is 43.5 Å². The fourth-order valence-corrected chi connectivity index (χ4v) is 4.07. The van der Waals surface area contributed by atoms with E-state index in [4.69, 9.17) is 0 Å². The molecule has 190 valence electrons. The molecular formula is C28H33FN4O3. The van der Waals surface area contributed by atoms with Crippen molar-refractivity contribution in [2.75, 3.05) is 31.6 Å². The number of H-pyrrole nitrogens is 1. The lowest BCUT2D eigenvalue weighted by molar-refractivity contribution is -0.106. The van der Waals surface area contributed by atoms with Crippen LogP contribution in [0.4, 0.5) is 10.2 Å². The molecule has 7 nitrogen and oxygen atoms in total. The van der Waals surface area contributed by atoms with Crippen LogP contribution < -0.4 is 10.5 Å². The van der Waals surface area contributed by atoms with Gasteiger partial charge in [0.1, 0.15) is 17.9 Å². The van der Waals surface area contributed by atoms with Gasteiger partial charge in [-0.1, -0.05) is 12.2 Å². The number of carbonyl (C=O) groups is 2. The molecule has 1 aromatic heterocycles. The Morgan fingerprint density at radius 2 is 1.86 bits per heavy atom. The smallest absolute Gasteiger partial charge is 0.250 e. The van der Waals surface area contributed by atoms with E-state index in [1.165, 1.54) is 37.1 Å². The summed E-state index contributed by atoms with van der Waals surface area (Å²) in [5.41, 5.74) is 3.03. The minimum absolute atomic E-state index is 0.119. The summed E-state index contributed by atoms with van der Waals surface area (Å²) < 4.78 is 12.1. The maximum Gasteiger partial charge on any atom is 0.250 e. The SMILES string of the molecule is C/C(C=NC=O)=C(/C=C/C1CC1)c1cc(N2CCN(C)CC2C)[nH]c(=O)c1.O=Cc1ccc(F)cc1. The van der Waals surface area contributed by atoms with E-state index in [-0.39, 0.29) is 11.4 Å². The molecule has 1 aromatic carbocycles. The molecule has 0 bridgehead atoms. The minimum atomic E-state index is -0.319. The number of nitrogens with one attached hydrogen (secondary N) is 1. The number of allylic oxidation sites excluding steroid dienone is 4. The predicted molar refractivity (Wildman–Crippen MR) is 142 cm³/mol. The molecule has 1 unspecified atom stereocenters. The highest BCUT2D eigenvalue weighted by Gasteiger charge is 2.23. The molecule has 1 atom stereocenters. The van der Waals surface area contributed by atoms with Gasteiger partial charge < -0.3 is 14.8 Å². The number of rotatable bonds is 7. The van der Waals surface area contributed by atoms with Gasteiger partial charge >= 0.3 is 0 Å². The first-order valence-electron chi connectivity index (χ1n) is 12.1.